The maximum absolute atomic E-state index is 12.4. The van der Waals surface area contributed by atoms with Crippen molar-refractivity contribution in [2.24, 2.45) is 52.3 Å². The number of carbonyl (C=O) groups is 1. The van der Waals surface area contributed by atoms with Gasteiger partial charge in [-0.05, 0) is 97.4 Å². The number of fused-ring (bicyclic) bond motifs is 5. The molecule has 0 saturated heterocycles. The van der Waals surface area contributed by atoms with Crippen LogP contribution in [0.2, 0.25) is 0 Å². The van der Waals surface area contributed by atoms with E-state index in [2.05, 4.69) is 47.6 Å². The highest BCUT2D eigenvalue weighted by Gasteiger charge is 2.59. The van der Waals surface area contributed by atoms with Crippen LogP contribution in [0.1, 0.15) is 106 Å². The standard InChI is InChI=1S/C28H46O/c1-18(2)8-7-9-19(3)23-12-13-24-22-11-10-21-16-26(29)20(4)17-28(21,6)25(22)14-15-27(23,24)5/h16,18-20,22-25H,7-15,17H2,1-6H3/t19-,20?,22+,23-,24+,25+,27-,28+/m1/s1. The molecular formula is C28H46O. The van der Waals surface area contributed by atoms with Crippen molar-refractivity contribution >= 4 is 5.78 Å². The second-order valence-electron chi connectivity index (χ2n) is 12.5. The van der Waals surface area contributed by atoms with Crippen LogP contribution in [0, 0.1) is 52.3 Å². The van der Waals surface area contributed by atoms with Crippen LogP contribution in [-0.4, -0.2) is 5.78 Å². The molecule has 0 heterocycles. The third-order valence-electron chi connectivity index (χ3n) is 10.5. The molecule has 0 aromatic heterocycles. The zero-order valence-corrected chi connectivity index (χ0v) is 20.1. The molecule has 0 bridgehead atoms. The van der Waals surface area contributed by atoms with E-state index in [1.54, 1.807) is 0 Å². The molecule has 0 aliphatic heterocycles. The molecule has 1 unspecified atom stereocenters. The molecule has 29 heavy (non-hydrogen) atoms. The summed E-state index contributed by atoms with van der Waals surface area (Å²) in [5.74, 6) is 5.97. The van der Waals surface area contributed by atoms with Crippen LogP contribution in [0.15, 0.2) is 11.6 Å². The number of hydrogen-bond acceptors (Lipinski definition) is 1. The van der Waals surface area contributed by atoms with Crippen LogP contribution >= 0.6 is 0 Å². The molecule has 4 aliphatic carbocycles. The first-order chi connectivity index (χ1) is 13.7. The zero-order valence-electron chi connectivity index (χ0n) is 20.1. The molecule has 3 fully saturated rings. The van der Waals surface area contributed by atoms with E-state index < -0.39 is 0 Å². The Labute approximate surface area is 180 Å². The highest BCUT2D eigenvalue weighted by Crippen LogP contribution is 2.67. The summed E-state index contributed by atoms with van der Waals surface area (Å²) in [7, 11) is 0. The summed E-state index contributed by atoms with van der Waals surface area (Å²) in [5.41, 5.74) is 2.40. The molecule has 1 nitrogen and oxygen atoms in total. The second-order valence-corrected chi connectivity index (χ2v) is 12.5. The van der Waals surface area contributed by atoms with Crippen molar-refractivity contribution in [3.63, 3.8) is 0 Å². The Balaban J connectivity index is 1.51. The van der Waals surface area contributed by atoms with Crippen molar-refractivity contribution < 1.29 is 4.79 Å². The molecule has 1 heteroatoms. The molecule has 3 saturated carbocycles. The van der Waals surface area contributed by atoms with Gasteiger partial charge in [-0.3, -0.25) is 4.79 Å². The van der Waals surface area contributed by atoms with Crippen LogP contribution in [0.5, 0.6) is 0 Å². The summed E-state index contributed by atoms with van der Waals surface area (Å²) in [4.78, 5) is 12.4. The lowest BCUT2D eigenvalue weighted by Gasteiger charge is -2.59. The third kappa shape index (κ3) is 3.57. The lowest BCUT2D eigenvalue weighted by Crippen LogP contribution is -2.51. The van der Waals surface area contributed by atoms with Gasteiger partial charge in [-0.15, -0.1) is 0 Å². The van der Waals surface area contributed by atoms with Crippen molar-refractivity contribution in [3.8, 4) is 0 Å². The molecule has 164 valence electrons. The van der Waals surface area contributed by atoms with Crippen LogP contribution < -0.4 is 0 Å². The lowest BCUT2D eigenvalue weighted by molar-refractivity contribution is -0.122. The van der Waals surface area contributed by atoms with Crippen LogP contribution in [0.25, 0.3) is 0 Å². The SMILES string of the molecule is CC(C)CCC[C@@H](C)[C@H]1CC[C@H]2[C@@H]3CCC4=CC(=O)C(C)C[C@]4(C)[C@H]3CC[C@]12C. The summed E-state index contributed by atoms with van der Waals surface area (Å²) in [5, 5.41) is 0. The van der Waals surface area contributed by atoms with Crippen molar-refractivity contribution in [1.82, 2.24) is 0 Å². The van der Waals surface area contributed by atoms with Gasteiger partial charge in [0.15, 0.2) is 5.78 Å². The van der Waals surface area contributed by atoms with Crippen molar-refractivity contribution in [2.45, 2.75) is 106 Å². The van der Waals surface area contributed by atoms with Gasteiger partial charge in [0, 0.05) is 5.92 Å². The Morgan fingerprint density at radius 1 is 1.03 bits per heavy atom. The monoisotopic (exact) mass is 398 g/mol. The van der Waals surface area contributed by atoms with E-state index in [9.17, 15) is 4.79 Å². The summed E-state index contributed by atoms with van der Waals surface area (Å²) in [6, 6.07) is 0. The maximum atomic E-state index is 12.4. The summed E-state index contributed by atoms with van der Waals surface area (Å²) in [6.07, 6.45) is 15.8. The van der Waals surface area contributed by atoms with E-state index in [1.807, 2.05) is 0 Å². The predicted octanol–water partition coefficient (Wildman–Crippen LogP) is 7.84. The fraction of sp³-hybridized carbons (Fsp3) is 0.893. The van der Waals surface area contributed by atoms with E-state index in [0.29, 0.717) is 16.6 Å². The molecule has 0 aromatic rings. The Morgan fingerprint density at radius 2 is 1.79 bits per heavy atom. The smallest absolute Gasteiger partial charge is 0.158 e. The van der Waals surface area contributed by atoms with Crippen LogP contribution in [0.3, 0.4) is 0 Å². The Morgan fingerprint density at radius 3 is 2.52 bits per heavy atom. The zero-order chi connectivity index (χ0) is 21.0. The third-order valence-corrected chi connectivity index (χ3v) is 10.5. The molecule has 4 rings (SSSR count). The van der Waals surface area contributed by atoms with Gasteiger partial charge in [-0.25, -0.2) is 0 Å². The largest absolute Gasteiger partial charge is 0.295 e. The predicted molar refractivity (Wildman–Crippen MR) is 123 cm³/mol. The van der Waals surface area contributed by atoms with Crippen molar-refractivity contribution in [1.29, 1.82) is 0 Å². The first-order valence-corrected chi connectivity index (χ1v) is 12.9. The van der Waals surface area contributed by atoms with Gasteiger partial charge in [-0.2, -0.15) is 0 Å². The normalized spacial score (nSPS) is 45.4. The fourth-order valence-corrected chi connectivity index (χ4v) is 8.92. The van der Waals surface area contributed by atoms with Crippen molar-refractivity contribution in [2.75, 3.05) is 0 Å². The van der Waals surface area contributed by atoms with E-state index in [1.165, 1.54) is 63.4 Å². The number of hydrogen-bond donors (Lipinski definition) is 0. The van der Waals surface area contributed by atoms with E-state index in [4.69, 9.17) is 0 Å². The van der Waals surface area contributed by atoms with Gasteiger partial charge in [0.1, 0.15) is 0 Å². The van der Waals surface area contributed by atoms with E-state index in [0.717, 1.165) is 41.9 Å². The minimum atomic E-state index is 0.230. The minimum Gasteiger partial charge on any atom is -0.295 e. The van der Waals surface area contributed by atoms with Gasteiger partial charge in [-0.1, -0.05) is 66.4 Å². The average molecular weight is 399 g/mol. The van der Waals surface area contributed by atoms with Crippen LogP contribution in [-0.2, 0) is 4.79 Å². The molecule has 8 atom stereocenters. The molecule has 0 radical (unpaired) electrons. The highest BCUT2D eigenvalue weighted by molar-refractivity contribution is 5.93. The number of carbonyl (C=O) groups excluding carboxylic acids is 1. The number of rotatable bonds is 5. The Bertz CT molecular complexity index is 659. The van der Waals surface area contributed by atoms with Gasteiger partial charge < -0.3 is 0 Å². The number of allylic oxidation sites excluding steroid dienone is 1. The molecule has 0 N–H and O–H groups in total. The number of ketones is 1. The fourth-order valence-electron chi connectivity index (χ4n) is 8.92. The first kappa shape index (κ1) is 21.6. The van der Waals surface area contributed by atoms with Gasteiger partial charge in [0.25, 0.3) is 0 Å². The van der Waals surface area contributed by atoms with Gasteiger partial charge in [0.2, 0.25) is 0 Å². The van der Waals surface area contributed by atoms with Gasteiger partial charge >= 0.3 is 0 Å². The van der Waals surface area contributed by atoms with E-state index in [-0.39, 0.29) is 5.92 Å². The topological polar surface area (TPSA) is 17.1 Å². The molecule has 0 amide bonds. The van der Waals surface area contributed by atoms with Crippen LogP contribution in [0.4, 0.5) is 0 Å². The molecule has 0 aromatic carbocycles. The summed E-state index contributed by atoms with van der Waals surface area (Å²) < 4.78 is 0. The Hall–Kier alpha value is -0.590. The molecule has 0 spiro atoms. The average Bonchev–Trinajstić information content (AvgIpc) is 3.00. The second kappa shape index (κ2) is 7.83. The van der Waals surface area contributed by atoms with Crippen molar-refractivity contribution in [3.05, 3.63) is 11.6 Å². The maximum Gasteiger partial charge on any atom is 0.158 e. The quantitative estimate of drug-likeness (QED) is 0.461. The highest BCUT2D eigenvalue weighted by atomic mass is 16.1. The summed E-state index contributed by atoms with van der Waals surface area (Å²) >= 11 is 0. The van der Waals surface area contributed by atoms with E-state index >= 15 is 0 Å². The first-order valence-electron chi connectivity index (χ1n) is 12.9. The lowest BCUT2D eigenvalue weighted by atomic mass is 9.46. The summed E-state index contributed by atoms with van der Waals surface area (Å²) in [6.45, 7) is 14.7. The van der Waals surface area contributed by atoms with Gasteiger partial charge in [0.05, 0.1) is 0 Å². The molecule has 4 aliphatic rings. The Kier molecular flexibility index (Phi) is 5.84. The minimum absolute atomic E-state index is 0.230. The molecular weight excluding hydrogens is 352 g/mol.